The smallest absolute Gasteiger partial charge is 0.0988 e. The van der Waals surface area contributed by atoms with Crippen molar-refractivity contribution < 1.29 is 0 Å². The van der Waals surface area contributed by atoms with Crippen molar-refractivity contribution in [3.05, 3.63) is 0 Å². The molecule has 2 heterocycles. The van der Waals surface area contributed by atoms with Crippen LogP contribution in [-0.2, 0) is 0 Å². The van der Waals surface area contributed by atoms with Crippen LogP contribution in [0.5, 0.6) is 0 Å². The first-order chi connectivity index (χ1) is 5.97. The summed E-state index contributed by atoms with van der Waals surface area (Å²) in [5.74, 6) is 1.40. The highest BCUT2D eigenvalue weighted by molar-refractivity contribution is 5.82. The predicted octanol–water partition coefficient (Wildman–Crippen LogP) is 2.05. The van der Waals surface area contributed by atoms with E-state index in [0.717, 1.165) is 6.54 Å². The van der Waals surface area contributed by atoms with Crippen LogP contribution in [0.25, 0.3) is 0 Å². The van der Waals surface area contributed by atoms with Crippen LogP contribution < -0.4 is 0 Å². The third kappa shape index (κ3) is 1.79. The van der Waals surface area contributed by atoms with Crippen LogP contribution in [0.2, 0.25) is 0 Å². The Morgan fingerprint density at radius 2 is 1.75 bits per heavy atom. The molecular weight excluding hydrogens is 148 g/mol. The van der Waals surface area contributed by atoms with Crippen LogP contribution in [0.15, 0.2) is 4.99 Å². The van der Waals surface area contributed by atoms with Crippen LogP contribution in [-0.4, -0.2) is 30.4 Å². The zero-order chi connectivity index (χ0) is 8.23. The molecule has 2 aliphatic heterocycles. The second kappa shape index (κ2) is 3.92. The molecule has 1 saturated heterocycles. The van der Waals surface area contributed by atoms with Gasteiger partial charge in [0.05, 0.1) is 5.84 Å². The zero-order valence-electron chi connectivity index (χ0n) is 7.76. The molecule has 0 aromatic heterocycles. The number of amidine groups is 1. The Labute approximate surface area is 74.7 Å². The van der Waals surface area contributed by atoms with E-state index in [2.05, 4.69) is 9.89 Å². The molecule has 0 radical (unpaired) electrons. The molecule has 2 nitrogen and oxygen atoms in total. The molecule has 0 amide bonds. The highest BCUT2D eigenvalue weighted by Gasteiger charge is 2.15. The summed E-state index contributed by atoms with van der Waals surface area (Å²) in [6, 6.07) is 0. The van der Waals surface area contributed by atoms with Gasteiger partial charge in [0.1, 0.15) is 0 Å². The third-order valence-electron chi connectivity index (χ3n) is 2.82. The van der Waals surface area contributed by atoms with Gasteiger partial charge in [-0.05, 0) is 32.1 Å². The molecule has 12 heavy (non-hydrogen) atoms. The summed E-state index contributed by atoms with van der Waals surface area (Å²) in [5, 5.41) is 0. The average Bonchev–Trinajstić information content (AvgIpc) is 2.21. The van der Waals surface area contributed by atoms with Crippen LogP contribution in [0, 0.1) is 0 Å². The van der Waals surface area contributed by atoms with Gasteiger partial charge in [-0.1, -0.05) is 0 Å². The number of aliphatic imine (C=N–C) groups is 1. The zero-order valence-corrected chi connectivity index (χ0v) is 7.76. The van der Waals surface area contributed by atoms with E-state index in [1.807, 2.05) is 0 Å². The van der Waals surface area contributed by atoms with E-state index in [4.69, 9.17) is 0 Å². The quantitative estimate of drug-likeness (QED) is 0.538. The molecule has 0 aromatic rings. The van der Waals surface area contributed by atoms with E-state index in [1.165, 1.54) is 57.5 Å². The van der Waals surface area contributed by atoms with Gasteiger partial charge in [-0.15, -0.1) is 0 Å². The molecule has 0 aromatic carbocycles. The van der Waals surface area contributed by atoms with E-state index < -0.39 is 0 Å². The predicted molar refractivity (Wildman–Crippen MR) is 51.6 cm³/mol. The van der Waals surface area contributed by atoms with Crippen LogP contribution in [0.3, 0.4) is 0 Å². The maximum atomic E-state index is 4.60. The van der Waals surface area contributed by atoms with Crippen molar-refractivity contribution in [3.8, 4) is 0 Å². The average molecular weight is 166 g/mol. The second-order valence-corrected chi connectivity index (χ2v) is 3.80. The lowest BCUT2D eigenvalue weighted by molar-refractivity contribution is 0.332. The molecule has 0 bridgehead atoms. The van der Waals surface area contributed by atoms with Crippen LogP contribution >= 0.6 is 0 Å². The Hall–Kier alpha value is -0.530. The fourth-order valence-electron chi connectivity index (χ4n) is 2.09. The Morgan fingerprint density at radius 3 is 2.42 bits per heavy atom. The highest BCUT2D eigenvalue weighted by Crippen LogP contribution is 2.15. The number of piperidine rings is 1. The van der Waals surface area contributed by atoms with Gasteiger partial charge in [0.25, 0.3) is 0 Å². The molecule has 2 rings (SSSR count). The standard InChI is InChI=1S/C10H18N2/c1-4-8-12(9-5-1)10-6-2-3-7-11-10/h1-9H2. The Kier molecular flexibility index (Phi) is 2.64. The molecular formula is C10H18N2. The topological polar surface area (TPSA) is 15.6 Å². The summed E-state index contributed by atoms with van der Waals surface area (Å²) >= 11 is 0. The Morgan fingerprint density at radius 1 is 0.917 bits per heavy atom. The molecule has 0 atom stereocenters. The molecule has 0 unspecified atom stereocenters. The summed E-state index contributed by atoms with van der Waals surface area (Å²) in [7, 11) is 0. The lowest BCUT2D eigenvalue weighted by Crippen LogP contribution is -2.36. The van der Waals surface area contributed by atoms with Crippen molar-refractivity contribution in [1.29, 1.82) is 0 Å². The normalized spacial score (nSPS) is 25.3. The minimum Gasteiger partial charge on any atom is -0.360 e. The molecule has 2 aliphatic rings. The lowest BCUT2D eigenvalue weighted by atomic mass is 10.1. The number of rotatable bonds is 0. The van der Waals surface area contributed by atoms with Gasteiger partial charge in [0, 0.05) is 26.1 Å². The fraction of sp³-hybridized carbons (Fsp3) is 0.900. The molecule has 2 heteroatoms. The van der Waals surface area contributed by atoms with Gasteiger partial charge in [0.2, 0.25) is 0 Å². The summed E-state index contributed by atoms with van der Waals surface area (Å²) < 4.78 is 0. The third-order valence-corrected chi connectivity index (χ3v) is 2.82. The van der Waals surface area contributed by atoms with Crippen molar-refractivity contribution >= 4 is 5.84 Å². The Balaban J connectivity index is 1.92. The largest absolute Gasteiger partial charge is 0.360 e. The number of hydrogen-bond acceptors (Lipinski definition) is 2. The van der Waals surface area contributed by atoms with Crippen molar-refractivity contribution in [3.63, 3.8) is 0 Å². The molecule has 0 N–H and O–H groups in total. The van der Waals surface area contributed by atoms with Crippen LogP contribution in [0.1, 0.15) is 38.5 Å². The van der Waals surface area contributed by atoms with E-state index in [0.29, 0.717) is 0 Å². The first-order valence-electron chi connectivity index (χ1n) is 5.25. The first kappa shape index (κ1) is 8.09. The SMILES string of the molecule is C1CCN(C2=NCCCC2)CC1. The van der Waals surface area contributed by atoms with Crippen molar-refractivity contribution in [2.75, 3.05) is 19.6 Å². The summed E-state index contributed by atoms with van der Waals surface area (Å²) in [6.07, 6.45) is 8.06. The number of nitrogens with zero attached hydrogens (tertiary/aromatic N) is 2. The van der Waals surface area contributed by atoms with Gasteiger partial charge >= 0.3 is 0 Å². The molecule has 0 spiro atoms. The molecule has 1 fully saturated rings. The first-order valence-corrected chi connectivity index (χ1v) is 5.25. The highest BCUT2D eigenvalue weighted by atomic mass is 15.2. The number of likely N-dealkylation sites (tertiary alicyclic amines) is 1. The van der Waals surface area contributed by atoms with Gasteiger partial charge in [-0.2, -0.15) is 0 Å². The van der Waals surface area contributed by atoms with E-state index in [9.17, 15) is 0 Å². The molecule has 0 saturated carbocycles. The van der Waals surface area contributed by atoms with Gasteiger partial charge in [-0.25, -0.2) is 0 Å². The van der Waals surface area contributed by atoms with E-state index >= 15 is 0 Å². The summed E-state index contributed by atoms with van der Waals surface area (Å²) in [5.41, 5.74) is 0. The summed E-state index contributed by atoms with van der Waals surface area (Å²) in [6.45, 7) is 3.60. The minimum atomic E-state index is 1.08. The van der Waals surface area contributed by atoms with Crippen molar-refractivity contribution in [2.24, 2.45) is 4.99 Å². The Bertz CT molecular complexity index is 169. The van der Waals surface area contributed by atoms with E-state index in [-0.39, 0.29) is 0 Å². The maximum absolute atomic E-state index is 4.60. The van der Waals surface area contributed by atoms with Crippen molar-refractivity contribution in [2.45, 2.75) is 38.5 Å². The monoisotopic (exact) mass is 166 g/mol. The van der Waals surface area contributed by atoms with Gasteiger partial charge in [0.15, 0.2) is 0 Å². The lowest BCUT2D eigenvalue weighted by Gasteiger charge is -2.31. The van der Waals surface area contributed by atoms with Gasteiger partial charge < -0.3 is 4.90 Å². The van der Waals surface area contributed by atoms with Crippen LogP contribution in [0.4, 0.5) is 0 Å². The molecule has 68 valence electrons. The molecule has 0 aliphatic carbocycles. The maximum Gasteiger partial charge on any atom is 0.0988 e. The van der Waals surface area contributed by atoms with E-state index in [1.54, 1.807) is 0 Å². The summed E-state index contributed by atoms with van der Waals surface area (Å²) in [4.78, 5) is 7.10. The number of hydrogen-bond donors (Lipinski definition) is 0. The van der Waals surface area contributed by atoms with Crippen molar-refractivity contribution in [1.82, 2.24) is 4.90 Å². The minimum absolute atomic E-state index is 1.08. The fourth-order valence-corrected chi connectivity index (χ4v) is 2.09. The second-order valence-electron chi connectivity index (χ2n) is 3.80. The van der Waals surface area contributed by atoms with Gasteiger partial charge in [-0.3, -0.25) is 4.99 Å².